The van der Waals surface area contributed by atoms with Crippen molar-refractivity contribution in [3.8, 4) is 0 Å². The summed E-state index contributed by atoms with van der Waals surface area (Å²) >= 11 is 0. The standard InChI is InChI=1S/C17H30N4O9.C2HF3O2/c1-10(19-14(23)9-30-7-6-29-5-4-28-3)15(24)20-11(2)16(25)21-12(17(26)27)8-13(18)22;3-2(4,5)1(6)7/h10-12H,4-9H2,1-3H3,(H2,18,22)(H,19,23)(H,20,24)(H,21,25)(H,26,27);(H,6,7)/t10-,11-,12-;/m0./s1. The second-order valence-corrected chi connectivity index (χ2v) is 7.05. The van der Waals surface area contributed by atoms with Gasteiger partial charge in [0.1, 0.15) is 24.7 Å². The molecule has 0 saturated carbocycles. The Hall–Kier alpha value is -3.51. The largest absolute Gasteiger partial charge is 0.490 e. The first-order valence-electron chi connectivity index (χ1n) is 10.4. The third-order valence-electron chi connectivity index (χ3n) is 3.82. The number of nitrogens with two attached hydrogens (primary N) is 1. The van der Waals surface area contributed by atoms with Crippen LogP contribution in [0.5, 0.6) is 0 Å². The minimum Gasteiger partial charge on any atom is -0.480 e. The quantitative estimate of drug-likeness (QED) is 0.113. The van der Waals surface area contributed by atoms with Crippen molar-refractivity contribution in [2.24, 2.45) is 5.73 Å². The van der Waals surface area contributed by atoms with Crippen molar-refractivity contribution in [1.29, 1.82) is 0 Å². The van der Waals surface area contributed by atoms with Crippen LogP contribution in [0.15, 0.2) is 0 Å². The minimum atomic E-state index is -5.08. The van der Waals surface area contributed by atoms with E-state index in [0.717, 1.165) is 0 Å². The Labute approximate surface area is 209 Å². The van der Waals surface area contributed by atoms with Gasteiger partial charge in [0, 0.05) is 7.11 Å². The Kier molecular flexibility index (Phi) is 18.0. The molecule has 0 rings (SSSR count). The van der Waals surface area contributed by atoms with E-state index in [1.54, 1.807) is 7.11 Å². The average molecular weight is 548 g/mol. The molecular weight excluding hydrogens is 517 g/mol. The maximum atomic E-state index is 12.1. The molecule has 0 saturated heterocycles. The van der Waals surface area contributed by atoms with E-state index in [-0.39, 0.29) is 19.8 Å². The monoisotopic (exact) mass is 548 g/mol. The SMILES string of the molecule is COCCOCCOCC(=O)N[C@@H](C)C(=O)N[C@@H](C)C(=O)N[C@@H](CC(N)=O)C(=O)O.O=C(O)C(F)(F)F. The molecule has 0 heterocycles. The second-order valence-electron chi connectivity index (χ2n) is 7.05. The number of amides is 4. The molecule has 0 aliphatic heterocycles. The fourth-order valence-corrected chi connectivity index (χ4v) is 1.98. The van der Waals surface area contributed by atoms with Crippen molar-refractivity contribution in [3.05, 3.63) is 0 Å². The van der Waals surface area contributed by atoms with E-state index >= 15 is 0 Å². The zero-order valence-corrected chi connectivity index (χ0v) is 20.3. The van der Waals surface area contributed by atoms with Crippen LogP contribution in [0.3, 0.4) is 0 Å². The number of carboxylic acids is 2. The molecule has 0 aromatic heterocycles. The molecule has 18 heteroatoms. The van der Waals surface area contributed by atoms with Crippen LogP contribution in [0.1, 0.15) is 20.3 Å². The summed E-state index contributed by atoms with van der Waals surface area (Å²) in [4.78, 5) is 66.7. The van der Waals surface area contributed by atoms with E-state index < -0.39 is 66.3 Å². The molecule has 4 amide bonds. The van der Waals surface area contributed by atoms with Crippen LogP contribution in [0.25, 0.3) is 0 Å². The Balaban J connectivity index is 0. The molecule has 0 aliphatic carbocycles. The van der Waals surface area contributed by atoms with Crippen molar-refractivity contribution in [1.82, 2.24) is 16.0 Å². The molecule has 0 unspecified atom stereocenters. The summed E-state index contributed by atoms with van der Waals surface area (Å²) in [6, 6.07) is -3.61. The molecule has 0 aromatic carbocycles. The zero-order chi connectivity index (χ0) is 29.2. The highest BCUT2D eigenvalue weighted by Crippen LogP contribution is 2.13. The maximum Gasteiger partial charge on any atom is 0.490 e. The molecule has 15 nitrogen and oxygen atoms in total. The highest BCUT2D eigenvalue weighted by molar-refractivity contribution is 5.94. The van der Waals surface area contributed by atoms with Gasteiger partial charge in [0.15, 0.2) is 0 Å². The van der Waals surface area contributed by atoms with E-state index in [4.69, 9.17) is 35.0 Å². The van der Waals surface area contributed by atoms with Crippen LogP contribution in [0.2, 0.25) is 0 Å². The lowest BCUT2D eigenvalue weighted by atomic mass is 10.1. The van der Waals surface area contributed by atoms with Gasteiger partial charge in [-0.3, -0.25) is 19.2 Å². The number of alkyl halides is 3. The van der Waals surface area contributed by atoms with Crippen LogP contribution in [0, 0.1) is 0 Å². The van der Waals surface area contributed by atoms with Crippen LogP contribution >= 0.6 is 0 Å². The normalized spacial score (nSPS) is 13.1. The number of nitrogens with one attached hydrogen (secondary N) is 3. The van der Waals surface area contributed by atoms with Gasteiger partial charge < -0.3 is 46.1 Å². The molecule has 0 spiro atoms. The van der Waals surface area contributed by atoms with Gasteiger partial charge in [-0.1, -0.05) is 0 Å². The van der Waals surface area contributed by atoms with Gasteiger partial charge in [-0.25, -0.2) is 9.59 Å². The summed E-state index contributed by atoms with van der Waals surface area (Å²) in [5.41, 5.74) is 4.93. The molecule has 0 radical (unpaired) electrons. The van der Waals surface area contributed by atoms with Crippen molar-refractivity contribution in [2.75, 3.05) is 40.1 Å². The van der Waals surface area contributed by atoms with Gasteiger partial charge in [0.25, 0.3) is 0 Å². The Bertz CT molecular complexity index is 781. The van der Waals surface area contributed by atoms with Crippen LogP contribution in [-0.2, 0) is 43.0 Å². The first kappa shape index (κ1) is 35.7. The number of carboxylic acid groups (broad SMARTS) is 2. The fraction of sp³-hybridized carbons (Fsp3) is 0.684. The van der Waals surface area contributed by atoms with Gasteiger partial charge in [0.2, 0.25) is 23.6 Å². The third kappa shape index (κ3) is 19.4. The first-order valence-corrected chi connectivity index (χ1v) is 10.4. The summed E-state index contributed by atoms with van der Waals surface area (Å²) in [5, 5.41) is 22.9. The molecule has 0 fully saturated rings. The number of ether oxygens (including phenoxy) is 3. The molecule has 214 valence electrons. The lowest BCUT2D eigenvalue weighted by Crippen LogP contribution is -2.54. The predicted molar refractivity (Wildman–Crippen MR) is 116 cm³/mol. The summed E-state index contributed by atoms with van der Waals surface area (Å²) in [6.07, 6.45) is -5.67. The summed E-state index contributed by atoms with van der Waals surface area (Å²) in [6.45, 7) is 3.76. The summed E-state index contributed by atoms with van der Waals surface area (Å²) in [7, 11) is 1.55. The van der Waals surface area contributed by atoms with Gasteiger partial charge in [-0.15, -0.1) is 0 Å². The third-order valence-corrected chi connectivity index (χ3v) is 3.82. The van der Waals surface area contributed by atoms with Crippen molar-refractivity contribution >= 4 is 35.6 Å². The first-order chi connectivity index (χ1) is 17.0. The summed E-state index contributed by atoms with van der Waals surface area (Å²) in [5.74, 6) is -7.14. The lowest BCUT2D eigenvalue weighted by Gasteiger charge is -2.20. The second kappa shape index (κ2) is 18.7. The Morgan fingerprint density at radius 2 is 1.30 bits per heavy atom. The molecular formula is C19H31F3N4O11. The minimum absolute atomic E-state index is 0.185. The van der Waals surface area contributed by atoms with E-state index in [9.17, 15) is 37.1 Å². The van der Waals surface area contributed by atoms with Crippen molar-refractivity contribution in [2.45, 2.75) is 44.6 Å². The number of halogens is 3. The molecule has 3 atom stereocenters. The molecule has 0 aliphatic rings. The highest BCUT2D eigenvalue weighted by Gasteiger charge is 2.38. The van der Waals surface area contributed by atoms with Crippen LogP contribution in [-0.4, -0.2) is 110 Å². The molecule has 0 bridgehead atoms. The number of rotatable bonds is 16. The maximum absolute atomic E-state index is 12.1. The van der Waals surface area contributed by atoms with Crippen molar-refractivity contribution < 1.29 is 66.4 Å². The number of hydrogen-bond donors (Lipinski definition) is 6. The number of methoxy groups -OCH3 is 1. The molecule has 0 aromatic rings. The van der Waals surface area contributed by atoms with Crippen LogP contribution in [0.4, 0.5) is 13.2 Å². The van der Waals surface area contributed by atoms with E-state index in [0.29, 0.717) is 13.2 Å². The fourth-order valence-electron chi connectivity index (χ4n) is 1.98. The Morgan fingerprint density at radius 1 is 0.838 bits per heavy atom. The number of carbonyl (C=O) groups excluding carboxylic acids is 4. The number of hydrogen-bond acceptors (Lipinski definition) is 9. The van der Waals surface area contributed by atoms with E-state index in [2.05, 4.69) is 16.0 Å². The van der Waals surface area contributed by atoms with Gasteiger partial charge in [-0.05, 0) is 13.8 Å². The number of aliphatic carboxylic acids is 2. The zero-order valence-electron chi connectivity index (χ0n) is 20.3. The number of primary amides is 1. The van der Waals surface area contributed by atoms with Gasteiger partial charge in [-0.2, -0.15) is 13.2 Å². The van der Waals surface area contributed by atoms with Crippen LogP contribution < -0.4 is 21.7 Å². The smallest absolute Gasteiger partial charge is 0.480 e. The van der Waals surface area contributed by atoms with Gasteiger partial charge >= 0.3 is 18.1 Å². The lowest BCUT2D eigenvalue weighted by molar-refractivity contribution is -0.192. The highest BCUT2D eigenvalue weighted by atomic mass is 19.4. The Morgan fingerprint density at radius 3 is 1.76 bits per heavy atom. The molecule has 37 heavy (non-hydrogen) atoms. The topological polar surface area (TPSA) is 233 Å². The predicted octanol–water partition coefficient (Wildman–Crippen LogP) is -2.25. The van der Waals surface area contributed by atoms with Gasteiger partial charge in [0.05, 0.1) is 32.8 Å². The molecule has 7 N–H and O–H groups in total. The average Bonchev–Trinajstić information content (AvgIpc) is 2.77. The van der Waals surface area contributed by atoms with E-state index in [1.807, 2.05) is 0 Å². The summed E-state index contributed by atoms with van der Waals surface area (Å²) < 4.78 is 46.8. The van der Waals surface area contributed by atoms with Crippen molar-refractivity contribution in [3.63, 3.8) is 0 Å². The van der Waals surface area contributed by atoms with E-state index in [1.165, 1.54) is 13.8 Å². The number of carbonyl (C=O) groups is 6.